The van der Waals surface area contributed by atoms with Crippen LogP contribution in [-0.4, -0.2) is 39.3 Å². The molecule has 3 rings (SSSR count). The topological polar surface area (TPSA) is 90.5 Å². The second kappa shape index (κ2) is 9.71. The minimum atomic E-state index is -3.69. The molecule has 1 fully saturated rings. The Morgan fingerprint density at radius 3 is 2.48 bits per heavy atom. The highest BCUT2D eigenvalue weighted by molar-refractivity contribution is 7.89. The summed E-state index contributed by atoms with van der Waals surface area (Å²) in [5.41, 5.74) is 4.19. The standard InChI is InChI=1S/C22H31N3O3S/c1-16-5-3-4-6-19(16)14-24-21-8-7-20(13-17(21)2)29(27,28)25-22(15-26)18-9-11-23-12-10-18/h3-8,13,18,22-26H,9-12,14-15H2,1-2H3. The van der Waals surface area contributed by atoms with E-state index in [9.17, 15) is 13.5 Å². The van der Waals surface area contributed by atoms with Gasteiger partial charge in [-0.2, -0.15) is 0 Å². The Kier molecular flexibility index (Phi) is 7.29. The van der Waals surface area contributed by atoms with Crippen LogP contribution >= 0.6 is 0 Å². The van der Waals surface area contributed by atoms with Crippen molar-refractivity contribution in [3.05, 3.63) is 59.2 Å². The van der Waals surface area contributed by atoms with Crippen molar-refractivity contribution in [3.63, 3.8) is 0 Å². The molecule has 1 unspecified atom stereocenters. The minimum absolute atomic E-state index is 0.146. The van der Waals surface area contributed by atoms with Gasteiger partial charge >= 0.3 is 0 Å². The first-order valence-corrected chi connectivity index (χ1v) is 11.6. The van der Waals surface area contributed by atoms with Gasteiger partial charge in [0, 0.05) is 18.3 Å². The lowest BCUT2D eigenvalue weighted by Crippen LogP contribution is -2.46. The average molecular weight is 418 g/mol. The molecule has 2 aromatic carbocycles. The molecule has 0 aliphatic carbocycles. The maximum Gasteiger partial charge on any atom is 0.240 e. The highest BCUT2D eigenvalue weighted by Gasteiger charge is 2.28. The monoisotopic (exact) mass is 417 g/mol. The summed E-state index contributed by atoms with van der Waals surface area (Å²) in [7, 11) is -3.69. The van der Waals surface area contributed by atoms with E-state index < -0.39 is 16.1 Å². The van der Waals surface area contributed by atoms with Crippen LogP contribution in [0.4, 0.5) is 5.69 Å². The van der Waals surface area contributed by atoms with Crippen molar-refractivity contribution in [2.45, 2.75) is 44.2 Å². The zero-order valence-electron chi connectivity index (χ0n) is 17.1. The number of piperidine rings is 1. The van der Waals surface area contributed by atoms with Crippen molar-refractivity contribution in [1.29, 1.82) is 0 Å². The molecule has 29 heavy (non-hydrogen) atoms. The van der Waals surface area contributed by atoms with Crippen molar-refractivity contribution >= 4 is 15.7 Å². The summed E-state index contributed by atoms with van der Waals surface area (Å²) in [6.07, 6.45) is 1.71. The van der Waals surface area contributed by atoms with E-state index in [1.54, 1.807) is 18.2 Å². The number of benzene rings is 2. The Bertz CT molecular complexity index is 925. The molecule has 158 valence electrons. The van der Waals surface area contributed by atoms with Gasteiger partial charge in [-0.25, -0.2) is 13.1 Å². The average Bonchev–Trinajstić information content (AvgIpc) is 2.73. The van der Waals surface area contributed by atoms with Gasteiger partial charge in [0.2, 0.25) is 10.0 Å². The number of aliphatic hydroxyl groups is 1. The summed E-state index contributed by atoms with van der Waals surface area (Å²) in [5.74, 6) is 0.146. The van der Waals surface area contributed by atoms with Crippen LogP contribution in [0.3, 0.4) is 0 Å². The zero-order chi connectivity index (χ0) is 20.9. The molecule has 1 heterocycles. The van der Waals surface area contributed by atoms with Crippen LogP contribution in [0.1, 0.15) is 29.5 Å². The lowest BCUT2D eigenvalue weighted by molar-refractivity contribution is 0.192. The fraction of sp³-hybridized carbons (Fsp3) is 0.455. The third-order valence-corrected chi connectivity index (χ3v) is 7.18. The fourth-order valence-corrected chi connectivity index (χ4v) is 5.18. The number of hydrogen-bond donors (Lipinski definition) is 4. The van der Waals surface area contributed by atoms with Crippen LogP contribution in [0.2, 0.25) is 0 Å². The molecular weight excluding hydrogens is 386 g/mol. The molecule has 1 saturated heterocycles. The van der Waals surface area contributed by atoms with Gasteiger partial charge < -0.3 is 15.7 Å². The van der Waals surface area contributed by atoms with Crippen LogP contribution in [0, 0.1) is 19.8 Å². The van der Waals surface area contributed by atoms with E-state index in [1.807, 2.05) is 19.1 Å². The molecule has 0 bridgehead atoms. The van der Waals surface area contributed by atoms with Crippen LogP contribution in [-0.2, 0) is 16.6 Å². The Labute approximate surface area is 173 Å². The van der Waals surface area contributed by atoms with Gasteiger partial charge in [0.25, 0.3) is 0 Å². The van der Waals surface area contributed by atoms with E-state index in [0.29, 0.717) is 6.54 Å². The van der Waals surface area contributed by atoms with Gasteiger partial charge in [0.1, 0.15) is 0 Å². The summed E-state index contributed by atoms with van der Waals surface area (Å²) in [6, 6.07) is 12.8. The molecule has 0 spiro atoms. The first kappa shape index (κ1) is 21.8. The number of sulfonamides is 1. The second-order valence-corrected chi connectivity index (χ2v) is 9.47. The lowest BCUT2D eigenvalue weighted by atomic mass is 9.91. The smallest absolute Gasteiger partial charge is 0.240 e. The molecule has 1 atom stereocenters. The predicted molar refractivity (Wildman–Crippen MR) is 116 cm³/mol. The van der Waals surface area contributed by atoms with Crippen molar-refractivity contribution in [3.8, 4) is 0 Å². The van der Waals surface area contributed by atoms with E-state index in [0.717, 1.165) is 37.2 Å². The van der Waals surface area contributed by atoms with Crippen molar-refractivity contribution in [2.75, 3.05) is 25.0 Å². The largest absolute Gasteiger partial charge is 0.395 e. The predicted octanol–water partition coefficient (Wildman–Crippen LogP) is 2.55. The molecule has 0 aromatic heterocycles. The third-order valence-electron chi connectivity index (χ3n) is 5.69. The summed E-state index contributed by atoms with van der Waals surface area (Å²) in [5, 5.41) is 16.4. The van der Waals surface area contributed by atoms with Gasteiger partial charge in [-0.3, -0.25) is 0 Å². The lowest BCUT2D eigenvalue weighted by Gasteiger charge is -2.30. The maximum atomic E-state index is 12.9. The SMILES string of the molecule is Cc1ccccc1CNc1ccc(S(=O)(=O)NC(CO)C2CCNCC2)cc1C. The van der Waals surface area contributed by atoms with E-state index in [1.165, 1.54) is 11.1 Å². The van der Waals surface area contributed by atoms with E-state index >= 15 is 0 Å². The summed E-state index contributed by atoms with van der Waals surface area (Å²) in [6.45, 7) is 6.16. The molecule has 0 radical (unpaired) electrons. The Morgan fingerprint density at radius 1 is 1.10 bits per heavy atom. The molecular formula is C22H31N3O3S. The van der Waals surface area contributed by atoms with Gasteiger partial charge in [-0.15, -0.1) is 0 Å². The second-order valence-electron chi connectivity index (χ2n) is 7.75. The Balaban J connectivity index is 1.69. The molecule has 0 saturated carbocycles. The summed E-state index contributed by atoms with van der Waals surface area (Å²) in [4.78, 5) is 0.226. The molecule has 4 N–H and O–H groups in total. The summed E-state index contributed by atoms with van der Waals surface area (Å²) >= 11 is 0. The highest BCUT2D eigenvalue weighted by Crippen LogP contribution is 2.23. The molecule has 2 aromatic rings. The van der Waals surface area contributed by atoms with Gasteiger partial charge in [-0.05, 0) is 80.6 Å². The first-order valence-electron chi connectivity index (χ1n) is 10.1. The zero-order valence-corrected chi connectivity index (χ0v) is 17.9. The van der Waals surface area contributed by atoms with Crippen LogP contribution in [0.5, 0.6) is 0 Å². The maximum absolute atomic E-state index is 12.9. The molecule has 0 amide bonds. The van der Waals surface area contributed by atoms with Crippen molar-refractivity contribution in [1.82, 2.24) is 10.0 Å². The van der Waals surface area contributed by atoms with Crippen molar-refractivity contribution < 1.29 is 13.5 Å². The number of rotatable bonds is 8. The summed E-state index contributed by atoms with van der Waals surface area (Å²) < 4.78 is 28.5. The third kappa shape index (κ3) is 5.57. The Hall–Kier alpha value is -1.93. The van der Waals surface area contributed by atoms with Gasteiger partial charge in [-0.1, -0.05) is 24.3 Å². The molecule has 6 nitrogen and oxygen atoms in total. The Morgan fingerprint density at radius 2 is 1.83 bits per heavy atom. The normalized spacial score (nSPS) is 16.5. The van der Waals surface area contributed by atoms with E-state index in [4.69, 9.17) is 0 Å². The van der Waals surface area contributed by atoms with Crippen LogP contribution < -0.4 is 15.4 Å². The first-order chi connectivity index (χ1) is 13.9. The molecule has 1 aliphatic heterocycles. The number of aliphatic hydroxyl groups excluding tert-OH is 1. The van der Waals surface area contributed by atoms with E-state index in [-0.39, 0.29) is 17.4 Å². The van der Waals surface area contributed by atoms with Crippen LogP contribution in [0.25, 0.3) is 0 Å². The van der Waals surface area contributed by atoms with Crippen molar-refractivity contribution in [2.24, 2.45) is 5.92 Å². The van der Waals surface area contributed by atoms with Gasteiger partial charge in [0.15, 0.2) is 0 Å². The number of hydrogen-bond acceptors (Lipinski definition) is 5. The molecule has 7 heteroatoms. The highest BCUT2D eigenvalue weighted by atomic mass is 32.2. The molecule has 1 aliphatic rings. The van der Waals surface area contributed by atoms with Crippen LogP contribution in [0.15, 0.2) is 47.4 Å². The number of nitrogens with one attached hydrogen (secondary N) is 3. The van der Waals surface area contributed by atoms with E-state index in [2.05, 4.69) is 34.4 Å². The van der Waals surface area contributed by atoms with Gasteiger partial charge in [0.05, 0.1) is 11.5 Å². The fourth-order valence-electron chi connectivity index (χ4n) is 3.80. The number of aryl methyl sites for hydroxylation is 2. The minimum Gasteiger partial charge on any atom is -0.395 e. The number of anilines is 1. The quantitative estimate of drug-likeness (QED) is 0.530.